The fourth-order valence-corrected chi connectivity index (χ4v) is 4.89. The van der Waals surface area contributed by atoms with Crippen LogP contribution in [-0.4, -0.2) is 54.6 Å². The van der Waals surface area contributed by atoms with Gasteiger partial charge < -0.3 is 4.90 Å². The van der Waals surface area contributed by atoms with Crippen LogP contribution in [0.1, 0.15) is 17.5 Å². The van der Waals surface area contributed by atoms with E-state index in [-0.39, 0.29) is 29.6 Å². The number of carbonyl (C=O) groups is 1. The van der Waals surface area contributed by atoms with Crippen LogP contribution in [0.15, 0.2) is 47.4 Å². The minimum absolute atomic E-state index is 0.00382. The predicted octanol–water partition coefficient (Wildman–Crippen LogP) is 3.02. The monoisotopic (exact) mass is 451 g/mol. The van der Waals surface area contributed by atoms with Gasteiger partial charge in [-0.05, 0) is 42.7 Å². The SMILES string of the molecule is Cc1ccc(CCC(=O)N2CCN(S(=O)(=O)c3ccc([N+](=O)[O-])cc3)CC2)cc1Cl. The van der Waals surface area contributed by atoms with Crippen molar-refractivity contribution in [1.82, 2.24) is 9.21 Å². The largest absolute Gasteiger partial charge is 0.340 e. The molecule has 160 valence electrons. The maximum Gasteiger partial charge on any atom is 0.269 e. The average molecular weight is 452 g/mol. The van der Waals surface area contributed by atoms with Gasteiger partial charge in [0.05, 0.1) is 9.82 Å². The van der Waals surface area contributed by atoms with Gasteiger partial charge in [-0.25, -0.2) is 8.42 Å². The molecule has 0 aliphatic carbocycles. The van der Waals surface area contributed by atoms with Gasteiger partial charge in [0.1, 0.15) is 0 Å². The number of benzene rings is 2. The van der Waals surface area contributed by atoms with E-state index < -0.39 is 14.9 Å². The van der Waals surface area contributed by atoms with E-state index >= 15 is 0 Å². The lowest BCUT2D eigenvalue weighted by molar-refractivity contribution is -0.384. The summed E-state index contributed by atoms with van der Waals surface area (Å²) in [6, 6.07) is 10.5. The first-order valence-corrected chi connectivity index (χ1v) is 11.3. The van der Waals surface area contributed by atoms with Gasteiger partial charge >= 0.3 is 0 Å². The summed E-state index contributed by atoms with van der Waals surface area (Å²) in [7, 11) is -3.76. The molecule has 0 saturated carbocycles. The van der Waals surface area contributed by atoms with Crippen molar-refractivity contribution in [2.45, 2.75) is 24.7 Å². The van der Waals surface area contributed by atoms with Crippen LogP contribution >= 0.6 is 11.6 Å². The van der Waals surface area contributed by atoms with Crippen molar-refractivity contribution >= 4 is 33.2 Å². The molecule has 1 fully saturated rings. The van der Waals surface area contributed by atoms with Gasteiger partial charge in [-0.15, -0.1) is 0 Å². The molecule has 1 amide bonds. The van der Waals surface area contributed by atoms with Gasteiger partial charge in [-0.3, -0.25) is 14.9 Å². The molecule has 0 radical (unpaired) electrons. The number of non-ortho nitro benzene ring substituents is 1. The highest BCUT2D eigenvalue weighted by atomic mass is 35.5. The first kappa shape index (κ1) is 22.2. The second-order valence-electron chi connectivity index (χ2n) is 7.12. The van der Waals surface area contributed by atoms with Gasteiger partial charge in [0, 0.05) is 49.8 Å². The van der Waals surface area contributed by atoms with Crippen molar-refractivity contribution < 1.29 is 18.1 Å². The molecule has 2 aromatic carbocycles. The number of hydrogen-bond donors (Lipinski definition) is 0. The van der Waals surface area contributed by atoms with Crippen LogP contribution in [0, 0.1) is 17.0 Å². The molecule has 0 aromatic heterocycles. The van der Waals surface area contributed by atoms with Crippen LogP contribution in [0.2, 0.25) is 5.02 Å². The van der Waals surface area contributed by atoms with Gasteiger partial charge in [0.15, 0.2) is 0 Å². The molecular formula is C20H22ClN3O5S. The molecule has 1 aliphatic rings. The molecule has 0 atom stereocenters. The lowest BCUT2D eigenvalue weighted by Gasteiger charge is -2.34. The number of nitro groups is 1. The number of sulfonamides is 1. The van der Waals surface area contributed by atoms with Gasteiger partial charge in [-0.1, -0.05) is 23.7 Å². The molecular weight excluding hydrogens is 430 g/mol. The predicted molar refractivity (Wildman–Crippen MR) is 113 cm³/mol. The van der Waals surface area contributed by atoms with Crippen LogP contribution < -0.4 is 0 Å². The van der Waals surface area contributed by atoms with Crippen LogP contribution in [0.25, 0.3) is 0 Å². The van der Waals surface area contributed by atoms with Crippen molar-refractivity contribution in [3.63, 3.8) is 0 Å². The smallest absolute Gasteiger partial charge is 0.269 e. The van der Waals surface area contributed by atoms with Crippen molar-refractivity contribution in [2.75, 3.05) is 26.2 Å². The molecule has 1 aliphatic heterocycles. The molecule has 0 unspecified atom stereocenters. The van der Waals surface area contributed by atoms with E-state index in [4.69, 9.17) is 11.6 Å². The standard InChI is InChI=1S/C20H22ClN3O5S/c1-15-2-3-16(14-19(15)21)4-9-20(25)22-10-12-23(13-11-22)30(28,29)18-7-5-17(6-8-18)24(26)27/h2-3,5-8,14H,4,9-13H2,1H3. The number of rotatable bonds is 6. The number of nitro benzene ring substituents is 1. The molecule has 1 heterocycles. The summed E-state index contributed by atoms with van der Waals surface area (Å²) >= 11 is 6.12. The third kappa shape index (κ3) is 4.97. The Morgan fingerprint density at radius 1 is 1.10 bits per heavy atom. The third-order valence-electron chi connectivity index (χ3n) is 5.14. The van der Waals surface area contributed by atoms with Crippen LogP contribution in [0.3, 0.4) is 0 Å². The van der Waals surface area contributed by atoms with Crippen LogP contribution in [0.4, 0.5) is 5.69 Å². The summed E-state index contributed by atoms with van der Waals surface area (Å²) in [6.07, 6.45) is 0.897. The fourth-order valence-electron chi connectivity index (χ4n) is 3.27. The first-order valence-electron chi connectivity index (χ1n) is 9.46. The second-order valence-corrected chi connectivity index (χ2v) is 9.46. The minimum atomic E-state index is -3.76. The Balaban J connectivity index is 1.56. The maximum absolute atomic E-state index is 12.8. The Morgan fingerprint density at radius 3 is 2.30 bits per heavy atom. The Morgan fingerprint density at radius 2 is 1.73 bits per heavy atom. The molecule has 30 heavy (non-hydrogen) atoms. The topological polar surface area (TPSA) is 101 Å². The summed E-state index contributed by atoms with van der Waals surface area (Å²) in [5.74, 6) is -0.0286. The Kier molecular flexibility index (Phi) is 6.74. The second kappa shape index (κ2) is 9.11. The normalized spacial score (nSPS) is 15.2. The summed E-state index contributed by atoms with van der Waals surface area (Å²) < 4.78 is 26.8. The quantitative estimate of drug-likeness (QED) is 0.496. The van der Waals surface area contributed by atoms with Crippen molar-refractivity contribution in [1.29, 1.82) is 0 Å². The third-order valence-corrected chi connectivity index (χ3v) is 7.46. The van der Waals surface area contributed by atoms with E-state index in [9.17, 15) is 23.3 Å². The number of carbonyl (C=O) groups excluding carboxylic acids is 1. The average Bonchev–Trinajstić information content (AvgIpc) is 2.74. The van der Waals surface area contributed by atoms with Crippen LogP contribution in [-0.2, 0) is 21.2 Å². The molecule has 3 rings (SSSR count). The fraction of sp³-hybridized carbons (Fsp3) is 0.350. The van der Waals surface area contributed by atoms with E-state index in [2.05, 4.69) is 0 Å². The van der Waals surface area contributed by atoms with E-state index in [0.717, 1.165) is 11.1 Å². The van der Waals surface area contributed by atoms with Crippen molar-refractivity contribution in [3.8, 4) is 0 Å². The first-order chi connectivity index (χ1) is 14.2. The summed E-state index contributed by atoms with van der Waals surface area (Å²) in [5, 5.41) is 11.4. The van der Waals surface area contributed by atoms with Gasteiger partial charge in [0.25, 0.3) is 5.69 Å². The zero-order valence-corrected chi connectivity index (χ0v) is 18.0. The highest BCUT2D eigenvalue weighted by molar-refractivity contribution is 7.89. The highest BCUT2D eigenvalue weighted by Crippen LogP contribution is 2.21. The molecule has 1 saturated heterocycles. The Labute approximate surface area is 180 Å². The molecule has 0 spiro atoms. The number of amides is 1. The zero-order valence-electron chi connectivity index (χ0n) is 16.5. The number of aryl methyl sites for hydroxylation is 2. The molecule has 0 bridgehead atoms. The van der Waals surface area contributed by atoms with Crippen molar-refractivity contribution in [2.24, 2.45) is 0 Å². The van der Waals surface area contributed by atoms with Crippen LogP contribution in [0.5, 0.6) is 0 Å². The van der Waals surface area contributed by atoms with Gasteiger partial charge in [-0.2, -0.15) is 4.31 Å². The lowest BCUT2D eigenvalue weighted by atomic mass is 10.1. The molecule has 8 nitrogen and oxygen atoms in total. The maximum atomic E-state index is 12.8. The summed E-state index contributed by atoms with van der Waals surface area (Å²) in [6.45, 7) is 2.89. The molecule has 0 N–H and O–H groups in total. The summed E-state index contributed by atoms with van der Waals surface area (Å²) in [5.41, 5.74) is 1.80. The molecule has 10 heteroatoms. The Bertz CT molecular complexity index is 1050. The van der Waals surface area contributed by atoms with E-state index in [1.54, 1.807) is 4.90 Å². The number of halogens is 1. The Hall–Kier alpha value is -2.49. The molecule has 2 aromatic rings. The van der Waals surface area contributed by atoms with Gasteiger partial charge in [0.2, 0.25) is 15.9 Å². The summed E-state index contributed by atoms with van der Waals surface area (Å²) in [4.78, 5) is 24.3. The number of piperazine rings is 1. The highest BCUT2D eigenvalue weighted by Gasteiger charge is 2.30. The number of nitrogens with zero attached hydrogens (tertiary/aromatic N) is 3. The van der Waals surface area contributed by atoms with Crippen molar-refractivity contribution in [3.05, 3.63) is 68.7 Å². The minimum Gasteiger partial charge on any atom is -0.340 e. The van der Waals surface area contributed by atoms with E-state index in [1.807, 2.05) is 25.1 Å². The lowest BCUT2D eigenvalue weighted by Crippen LogP contribution is -2.50. The van der Waals surface area contributed by atoms with E-state index in [0.29, 0.717) is 31.0 Å². The zero-order chi connectivity index (χ0) is 21.9. The van der Waals surface area contributed by atoms with E-state index in [1.165, 1.54) is 28.6 Å². The number of hydrogen-bond acceptors (Lipinski definition) is 5.